The fourth-order valence-corrected chi connectivity index (χ4v) is 1.52. The van der Waals surface area contributed by atoms with Gasteiger partial charge in [-0.1, -0.05) is 12.1 Å². The van der Waals surface area contributed by atoms with Crippen LogP contribution in [0.3, 0.4) is 0 Å². The van der Waals surface area contributed by atoms with Crippen molar-refractivity contribution in [1.82, 2.24) is 9.13 Å². The van der Waals surface area contributed by atoms with Crippen LogP contribution >= 0.6 is 0 Å². The number of aromatic nitrogens is 2. The van der Waals surface area contributed by atoms with Crippen LogP contribution in [-0.2, 0) is 40.0 Å². The first kappa shape index (κ1) is 14.1. The average molecular weight is 416 g/mol. The third kappa shape index (κ3) is 4.41. The summed E-state index contributed by atoms with van der Waals surface area (Å²) in [6.07, 6.45) is 4.06. The summed E-state index contributed by atoms with van der Waals surface area (Å²) in [7, 11) is 4.06. The van der Waals surface area contributed by atoms with Crippen molar-refractivity contribution in [2.24, 2.45) is 19.8 Å². The Kier molecular flexibility index (Phi) is 5.52. The van der Waals surface area contributed by atoms with Crippen LogP contribution in [0.2, 0.25) is 0 Å². The summed E-state index contributed by atoms with van der Waals surface area (Å²) in [6.45, 7) is 0.472. The Labute approximate surface area is 111 Å². The number of aryl methyl sites for hydroxylation is 2. The smallest absolute Gasteiger partial charge is 0.123 e. The van der Waals surface area contributed by atoms with E-state index in [2.05, 4.69) is 28.5 Å². The summed E-state index contributed by atoms with van der Waals surface area (Å²) in [5, 5.41) is 0. The normalized spacial score (nSPS) is 9.76. The third-order valence-electron chi connectivity index (χ3n) is 2.20. The molecule has 96 valence electrons. The van der Waals surface area contributed by atoms with E-state index in [9.17, 15) is 4.39 Å². The van der Waals surface area contributed by atoms with Crippen LogP contribution in [0.25, 0.3) is 0 Å². The number of imidazole rings is 1. The summed E-state index contributed by atoms with van der Waals surface area (Å²) in [4.78, 5) is 0. The van der Waals surface area contributed by atoms with Gasteiger partial charge < -0.3 is 5.73 Å². The SMILES string of the molecule is Cn1ccn(C)[c]1=[Pt].NCc1ccc(F)cc1. The first-order chi connectivity index (χ1) is 8.04. The van der Waals surface area contributed by atoms with Crippen molar-refractivity contribution in [3.05, 3.63) is 51.8 Å². The first-order valence-corrected chi connectivity index (χ1v) is 6.26. The van der Waals surface area contributed by atoms with Crippen molar-refractivity contribution in [3.63, 3.8) is 0 Å². The quantitative estimate of drug-likeness (QED) is 0.756. The molecule has 17 heavy (non-hydrogen) atoms. The predicted molar refractivity (Wildman–Crippen MR) is 61.9 cm³/mol. The average Bonchev–Trinajstić information content (AvgIpc) is 2.62. The van der Waals surface area contributed by atoms with Gasteiger partial charge in [-0.25, -0.2) is 4.39 Å². The molecule has 1 aromatic heterocycles. The first-order valence-electron chi connectivity index (χ1n) is 5.12. The van der Waals surface area contributed by atoms with E-state index in [0.29, 0.717) is 6.54 Å². The van der Waals surface area contributed by atoms with Gasteiger partial charge in [0.1, 0.15) is 5.82 Å². The van der Waals surface area contributed by atoms with E-state index in [1.807, 2.05) is 26.5 Å². The zero-order valence-corrected chi connectivity index (χ0v) is 12.1. The maximum atomic E-state index is 12.2. The van der Waals surface area contributed by atoms with Gasteiger partial charge >= 0.3 is 58.8 Å². The minimum atomic E-state index is -0.216. The minimum absolute atomic E-state index is 0.216. The molecule has 0 aliphatic heterocycles. The number of benzene rings is 1. The summed E-state index contributed by atoms with van der Waals surface area (Å²) in [6, 6.07) is 6.16. The fourth-order valence-electron chi connectivity index (χ4n) is 1.18. The molecule has 1 aromatic carbocycles. The predicted octanol–water partition coefficient (Wildman–Crippen LogP) is 1.73. The largest absolute Gasteiger partial charge is 0.326 e. The zero-order valence-electron chi connectivity index (χ0n) is 9.84. The van der Waals surface area contributed by atoms with Crippen LogP contribution in [0.5, 0.6) is 0 Å². The van der Waals surface area contributed by atoms with Crippen molar-refractivity contribution < 1.29 is 23.7 Å². The second-order valence-corrected chi connectivity index (χ2v) is 4.61. The molecule has 0 spiro atoms. The maximum absolute atomic E-state index is 12.2. The Balaban J connectivity index is 0.000000171. The molecule has 2 N–H and O–H groups in total. The standard InChI is InChI=1S/C7H8FN.C5H8N2.Pt/c8-7-3-1-6(5-9)2-4-7;1-6-3-4-7(2)5-6;/h1-4H,5,9H2;3-4H,1-2H3;. The van der Waals surface area contributed by atoms with Gasteiger partial charge in [-0.05, 0) is 17.7 Å². The van der Waals surface area contributed by atoms with Crippen molar-refractivity contribution in [3.8, 4) is 0 Å². The monoisotopic (exact) mass is 416 g/mol. The number of nitrogens with two attached hydrogens (primary N) is 1. The van der Waals surface area contributed by atoms with Crippen LogP contribution < -0.4 is 5.73 Å². The number of halogens is 1. The number of hydrogen-bond acceptors (Lipinski definition) is 1. The Bertz CT molecular complexity index is 491. The Hall–Kier alpha value is -0.992. The van der Waals surface area contributed by atoms with Gasteiger partial charge in [0.2, 0.25) is 0 Å². The van der Waals surface area contributed by atoms with E-state index in [1.54, 1.807) is 12.1 Å². The van der Waals surface area contributed by atoms with Crippen molar-refractivity contribution in [1.29, 1.82) is 0 Å². The molecule has 0 aliphatic rings. The molecule has 2 rings (SSSR count). The Morgan fingerprint density at radius 3 is 1.88 bits per heavy atom. The fraction of sp³-hybridized carbons (Fsp3) is 0.250. The molecule has 0 saturated heterocycles. The van der Waals surface area contributed by atoms with E-state index in [1.165, 1.54) is 15.9 Å². The van der Waals surface area contributed by atoms with E-state index in [-0.39, 0.29) is 5.82 Å². The van der Waals surface area contributed by atoms with E-state index in [0.717, 1.165) is 5.56 Å². The van der Waals surface area contributed by atoms with Gasteiger partial charge in [-0.3, -0.25) is 0 Å². The Morgan fingerprint density at radius 2 is 1.59 bits per heavy atom. The molecule has 0 atom stereocenters. The van der Waals surface area contributed by atoms with E-state index in [4.69, 9.17) is 5.73 Å². The van der Waals surface area contributed by atoms with E-state index >= 15 is 0 Å². The van der Waals surface area contributed by atoms with Crippen molar-refractivity contribution in [2.45, 2.75) is 6.54 Å². The number of rotatable bonds is 1. The molecule has 1 heterocycles. The summed E-state index contributed by atoms with van der Waals surface area (Å²) < 4.78 is 17.6. The third-order valence-corrected chi connectivity index (χ3v) is 3.80. The Morgan fingerprint density at radius 1 is 1.12 bits per heavy atom. The molecule has 0 fully saturated rings. The topological polar surface area (TPSA) is 35.9 Å². The molecule has 0 unspecified atom stereocenters. The minimum Gasteiger partial charge on any atom is -0.326 e. The van der Waals surface area contributed by atoms with Gasteiger partial charge in [0.15, 0.2) is 0 Å². The molecular formula is C12H16FN3Pt. The molecule has 5 heteroatoms. The second kappa shape index (κ2) is 6.67. The molecule has 0 saturated carbocycles. The van der Waals surface area contributed by atoms with Crippen LogP contribution in [0.4, 0.5) is 4.39 Å². The number of nitrogens with zero attached hydrogens (tertiary/aromatic N) is 2. The second-order valence-electron chi connectivity index (χ2n) is 3.59. The summed E-state index contributed by atoms with van der Waals surface area (Å²) >= 11 is 2.27. The van der Waals surface area contributed by atoms with Crippen molar-refractivity contribution in [2.75, 3.05) is 0 Å². The molecule has 2 aromatic rings. The zero-order chi connectivity index (χ0) is 12.8. The summed E-state index contributed by atoms with van der Waals surface area (Å²) in [5.74, 6) is -0.216. The van der Waals surface area contributed by atoms with E-state index < -0.39 is 0 Å². The van der Waals surface area contributed by atoms with Crippen molar-refractivity contribution >= 4 is 0 Å². The van der Waals surface area contributed by atoms with Gasteiger partial charge in [0.05, 0.1) is 0 Å². The van der Waals surface area contributed by atoms with Crippen LogP contribution in [0.15, 0.2) is 36.7 Å². The van der Waals surface area contributed by atoms with Crippen LogP contribution in [0, 0.1) is 9.62 Å². The van der Waals surface area contributed by atoms with Gasteiger partial charge in [-0.2, -0.15) is 0 Å². The molecule has 0 amide bonds. The molecule has 0 radical (unpaired) electrons. The molecule has 0 bridgehead atoms. The van der Waals surface area contributed by atoms with Gasteiger partial charge in [-0.15, -0.1) is 0 Å². The van der Waals surface area contributed by atoms with Crippen LogP contribution in [-0.4, -0.2) is 9.13 Å². The van der Waals surface area contributed by atoms with Crippen LogP contribution in [0.1, 0.15) is 5.56 Å². The maximum Gasteiger partial charge on any atom is 0.123 e. The van der Waals surface area contributed by atoms with Gasteiger partial charge in [0.25, 0.3) is 0 Å². The molecule has 3 nitrogen and oxygen atoms in total. The number of hydrogen-bond donors (Lipinski definition) is 1. The molecular weight excluding hydrogens is 400 g/mol. The molecule has 0 aliphatic carbocycles. The summed E-state index contributed by atoms with van der Waals surface area (Å²) in [5.41, 5.74) is 6.23. The van der Waals surface area contributed by atoms with Gasteiger partial charge in [0, 0.05) is 6.54 Å².